The van der Waals surface area contributed by atoms with Gasteiger partial charge in [0.05, 0.1) is 7.11 Å². The van der Waals surface area contributed by atoms with Gasteiger partial charge < -0.3 is 19.9 Å². The molecule has 1 fully saturated rings. The maximum Gasteiger partial charge on any atom is 0.270 e. The molecular formula is C20H27N5O2. The number of benzene rings is 1. The predicted octanol–water partition coefficient (Wildman–Crippen LogP) is 1.52. The minimum absolute atomic E-state index is 0.168. The van der Waals surface area contributed by atoms with Crippen molar-refractivity contribution in [1.82, 2.24) is 20.2 Å². The minimum Gasteiger partial charge on any atom is -0.497 e. The summed E-state index contributed by atoms with van der Waals surface area (Å²) in [5.74, 6) is 2.10. The minimum atomic E-state index is -0.168. The zero-order valence-corrected chi connectivity index (χ0v) is 16.2. The molecule has 0 radical (unpaired) electrons. The summed E-state index contributed by atoms with van der Waals surface area (Å²) in [6.07, 6.45) is 0.734. The smallest absolute Gasteiger partial charge is 0.270 e. The molecule has 0 aliphatic carbocycles. The summed E-state index contributed by atoms with van der Waals surface area (Å²) in [7, 11) is 3.76. The Hall–Kier alpha value is -2.67. The number of hydrogen-bond donors (Lipinski definition) is 1. The number of aryl methyl sites for hydroxylation is 1. The van der Waals surface area contributed by atoms with Gasteiger partial charge in [0.25, 0.3) is 5.91 Å². The first-order chi connectivity index (χ1) is 13.0. The number of piperazine rings is 1. The number of amides is 1. The fourth-order valence-electron chi connectivity index (χ4n) is 3.10. The van der Waals surface area contributed by atoms with Crippen LogP contribution in [-0.4, -0.2) is 67.7 Å². The lowest BCUT2D eigenvalue weighted by Gasteiger charge is -2.33. The van der Waals surface area contributed by atoms with E-state index in [0.717, 1.165) is 49.7 Å². The van der Waals surface area contributed by atoms with E-state index in [1.165, 1.54) is 0 Å². The summed E-state index contributed by atoms with van der Waals surface area (Å²) in [4.78, 5) is 25.9. The third-order valence-corrected chi connectivity index (χ3v) is 4.72. The maximum absolute atomic E-state index is 12.5. The van der Waals surface area contributed by atoms with Gasteiger partial charge >= 0.3 is 0 Å². The van der Waals surface area contributed by atoms with Crippen LogP contribution in [0.4, 0.5) is 5.82 Å². The van der Waals surface area contributed by atoms with Crippen LogP contribution in [0.3, 0.4) is 0 Å². The standard InChI is InChI=1S/C20H27N5O2/c1-15-22-18(14-19(23-15)25-11-9-24(2)10-12-25)20(26)21-8-7-16-5-4-6-17(13-16)27-3/h4-6,13-14H,7-12H2,1-3H3,(H,21,26). The van der Waals surface area contributed by atoms with Crippen LogP contribution in [0.1, 0.15) is 21.9 Å². The molecule has 0 unspecified atom stereocenters. The zero-order valence-electron chi connectivity index (χ0n) is 16.2. The summed E-state index contributed by atoms with van der Waals surface area (Å²) >= 11 is 0. The SMILES string of the molecule is COc1cccc(CCNC(=O)c2cc(N3CCN(C)CC3)nc(C)n2)c1. The monoisotopic (exact) mass is 369 g/mol. The normalized spacial score (nSPS) is 14.9. The molecule has 0 bridgehead atoms. The van der Waals surface area contributed by atoms with E-state index < -0.39 is 0 Å². The molecule has 1 aromatic carbocycles. The molecule has 1 saturated heterocycles. The van der Waals surface area contributed by atoms with E-state index in [1.54, 1.807) is 13.2 Å². The van der Waals surface area contributed by atoms with Crippen LogP contribution >= 0.6 is 0 Å². The van der Waals surface area contributed by atoms with E-state index in [4.69, 9.17) is 4.74 Å². The number of carbonyl (C=O) groups is 1. The molecule has 2 aromatic rings. The van der Waals surface area contributed by atoms with Crippen LogP contribution in [0.25, 0.3) is 0 Å². The lowest BCUT2D eigenvalue weighted by Crippen LogP contribution is -2.45. The summed E-state index contributed by atoms with van der Waals surface area (Å²) in [6, 6.07) is 9.65. The van der Waals surface area contributed by atoms with Crippen molar-refractivity contribution in [3.8, 4) is 5.75 Å². The Morgan fingerprint density at radius 3 is 2.70 bits per heavy atom. The topological polar surface area (TPSA) is 70.6 Å². The number of nitrogens with zero attached hydrogens (tertiary/aromatic N) is 4. The summed E-state index contributed by atoms with van der Waals surface area (Å²) in [5, 5.41) is 2.95. The van der Waals surface area contributed by atoms with Crippen molar-refractivity contribution in [3.05, 3.63) is 47.4 Å². The van der Waals surface area contributed by atoms with E-state index in [-0.39, 0.29) is 5.91 Å². The number of carbonyl (C=O) groups excluding carboxylic acids is 1. The van der Waals surface area contributed by atoms with Crippen LogP contribution in [0, 0.1) is 6.92 Å². The van der Waals surface area contributed by atoms with Gasteiger partial charge in [-0.15, -0.1) is 0 Å². The highest BCUT2D eigenvalue weighted by molar-refractivity contribution is 5.93. The Labute approximate surface area is 160 Å². The van der Waals surface area contributed by atoms with E-state index in [9.17, 15) is 4.79 Å². The van der Waals surface area contributed by atoms with Crippen molar-refractivity contribution in [2.24, 2.45) is 0 Å². The Morgan fingerprint density at radius 2 is 1.96 bits per heavy atom. The summed E-state index contributed by atoms with van der Waals surface area (Å²) < 4.78 is 5.23. The van der Waals surface area contributed by atoms with Crippen molar-refractivity contribution < 1.29 is 9.53 Å². The van der Waals surface area contributed by atoms with Crippen LogP contribution in [0.2, 0.25) is 0 Å². The van der Waals surface area contributed by atoms with Gasteiger partial charge in [-0.3, -0.25) is 4.79 Å². The van der Waals surface area contributed by atoms with Crippen LogP contribution in [0.15, 0.2) is 30.3 Å². The van der Waals surface area contributed by atoms with Gasteiger partial charge in [0.2, 0.25) is 0 Å². The second kappa shape index (κ2) is 8.81. The molecule has 1 aromatic heterocycles. The van der Waals surface area contributed by atoms with Gasteiger partial charge in [-0.1, -0.05) is 12.1 Å². The van der Waals surface area contributed by atoms with Crippen molar-refractivity contribution in [2.45, 2.75) is 13.3 Å². The Morgan fingerprint density at radius 1 is 1.19 bits per heavy atom. The van der Waals surface area contributed by atoms with Crippen molar-refractivity contribution in [2.75, 3.05) is 51.8 Å². The third-order valence-electron chi connectivity index (χ3n) is 4.72. The molecule has 1 aliphatic rings. The first kappa shape index (κ1) is 19.1. The van der Waals surface area contributed by atoms with E-state index >= 15 is 0 Å². The number of ether oxygens (including phenoxy) is 1. The summed E-state index contributed by atoms with van der Waals surface area (Å²) in [5.41, 5.74) is 1.54. The molecule has 7 nitrogen and oxygen atoms in total. The van der Waals surface area contributed by atoms with Gasteiger partial charge in [0, 0.05) is 38.8 Å². The highest BCUT2D eigenvalue weighted by Gasteiger charge is 2.18. The second-order valence-corrected chi connectivity index (χ2v) is 6.81. The average molecular weight is 369 g/mol. The Kier molecular flexibility index (Phi) is 6.24. The molecule has 2 heterocycles. The quantitative estimate of drug-likeness (QED) is 0.833. The van der Waals surface area contributed by atoms with Crippen LogP contribution in [-0.2, 0) is 6.42 Å². The molecule has 0 saturated carbocycles. The number of likely N-dealkylation sites (N-methyl/N-ethyl adjacent to an activating group) is 1. The number of aromatic nitrogens is 2. The number of hydrogen-bond acceptors (Lipinski definition) is 6. The molecule has 27 heavy (non-hydrogen) atoms. The Bertz CT molecular complexity index is 788. The van der Waals surface area contributed by atoms with Gasteiger partial charge in [-0.2, -0.15) is 0 Å². The fourth-order valence-corrected chi connectivity index (χ4v) is 3.10. The predicted molar refractivity (Wildman–Crippen MR) is 106 cm³/mol. The second-order valence-electron chi connectivity index (χ2n) is 6.81. The number of anilines is 1. The highest BCUT2D eigenvalue weighted by atomic mass is 16.5. The molecule has 1 N–H and O–H groups in total. The molecule has 1 aliphatic heterocycles. The summed E-state index contributed by atoms with van der Waals surface area (Å²) in [6.45, 7) is 6.16. The van der Waals surface area contributed by atoms with Crippen molar-refractivity contribution in [3.63, 3.8) is 0 Å². The number of methoxy groups -OCH3 is 1. The largest absolute Gasteiger partial charge is 0.497 e. The molecule has 144 valence electrons. The molecule has 1 amide bonds. The lowest BCUT2D eigenvalue weighted by molar-refractivity contribution is 0.0948. The lowest BCUT2D eigenvalue weighted by atomic mass is 10.1. The molecule has 0 spiro atoms. The fraction of sp³-hybridized carbons (Fsp3) is 0.450. The number of nitrogens with one attached hydrogen (secondary N) is 1. The van der Waals surface area contributed by atoms with Crippen LogP contribution < -0.4 is 15.0 Å². The highest BCUT2D eigenvalue weighted by Crippen LogP contribution is 2.15. The van der Waals surface area contributed by atoms with Gasteiger partial charge in [0.1, 0.15) is 23.1 Å². The maximum atomic E-state index is 12.5. The number of rotatable bonds is 6. The molecule has 0 atom stereocenters. The molecule has 3 rings (SSSR count). The van der Waals surface area contributed by atoms with Crippen molar-refractivity contribution in [1.29, 1.82) is 0 Å². The van der Waals surface area contributed by atoms with E-state index in [0.29, 0.717) is 18.1 Å². The molecular weight excluding hydrogens is 342 g/mol. The van der Waals surface area contributed by atoms with Gasteiger partial charge in [0.15, 0.2) is 0 Å². The van der Waals surface area contributed by atoms with Crippen LogP contribution in [0.5, 0.6) is 5.75 Å². The van der Waals surface area contributed by atoms with Gasteiger partial charge in [-0.25, -0.2) is 9.97 Å². The first-order valence-electron chi connectivity index (χ1n) is 9.25. The Balaban J connectivity index is 1.60. The zero-order chi connectivity index (χ0) is 19.2. The van der Waals surface area contributed by atoms with E-state index in [1.807, 2.05) is 31.2 Å². The van der Waals surface area contributed by atoms with Gasteiger partial charge in [-0.05, 0) is 38.1 Å². The molecule has 7 heteroatoms. The first-order valence-corrected chi connectivity index (χ1v) is 9.25. The third kappa shape index (κ3) is 5.17. The average Bonchev–Trinajstić information content (AvgIpc) is 2.68. The van der Waals surface area contributed by atoms with E-state index in [2.05, 4.69) is 32.1 Å². The van der Waals surface area contributed by atoms with Crippen molar-refractivity contribution >= 4 is 11.7 Å².